The van der Waals surface area contributed by atoms with Crippen LogP contribution < -0.4 is 11.3 Å². The van der Waals surface area contributed by atoms with Gasteiger partial charge in [-0.05, 0) is 18.2 Å². The highest BCUT2D eigenvalue weighted by Gasteiger charge is 2.13. The summed E-state index contributed by atoms with van der Waals surface area (Å²) in [5, 5.41) is 8.97. The SMILES string of the molecule is NNc1ccccc1O.O=Cc1ccccc1S(=O)(=O)O. The van der Waals surface area contributed by atoms with Crippen LogP contribution >= 0.6 is 0 Å². The molecular weight excluding hydrogens is 296 g/mol. The summed E-state index contributed by atoms with van der Waals surface area (Å²) >= 11 is 0. The van der Waals surface area contributed by atoms with Crippen LogP contribution in [0.5, 0.6) is 5.75 Å². The van der Waals surface area contributed by atoms with Crippen molar-refractivity contribution >= 4 is 22.1 Å². The lowest BCUT2D eigenvalue weighted by Gasteiger charge is -1.99. The van der Waals surface area contributed by atoms with Gasteiger partial charge < -0.3 is 10.5 Å². The molecule has 0 spiro atoms. The van der Waals surface area contributed by atoms with Gasteiger partial charge in [0.25, 0.3) is 10.1 Å². The van der Waals surface area contributed by atoms with Crippen LogP contribution in [-0.4, -0.2) is 24.4 Å². The molecule has 5 N–H and O–H groups in total. The first-order valence-electron chi connectivity index (χ1n) is 5.66. The Hall–Kier alpha value is -2.42. The maximum Gasteiger partial charge on any atom is 0.295 e. The molecule has 8 heteroatoms. The third kappa shape index (κ3) is 4.88. The van der Waals surface area contributed by atoms with Gasteiger partial charge in [0.1, 0.15) is 10.6 Å². The number of phenols is 1. The molecule has 0 unspecified atom stereocenters. The maximum absolute atomic E-state index is 10.6. The Kier molecular flexibility index (Phi) is 5.85. The topological polar surface area (TPSA) is 130 Å². The monoisotopic (exact) mass is 310 g/mol. The van der Waals surface area contributed by atoms with Crippen molar-refractivity contribution in [1.29, 1.82) is 0 Å². The zero-order valence-electron chi connectivity index (χ0n) is 10.8. The number of aldehydes is 1. The van der Waals surface area contributed by atoms with Crippen LogP contribution in [0.25, 0.3) is 0 Å². The summed E-state index contributed by atoms with van der Waals surface area (Å²) in [4.78, 5) is 9.94. The minimum Gasteiger partial charge on any atom is -0.506 e. The number of hydrazine groups is 1. The van der Waals surface area contributed by atoms with Crippen molar-refractivity contribution in [3.8, 4) is 5.75 Å². The molecule has 0 heterocycles. The second-order valence-corrected chi connectivity index (χ2v) is 5.18. The van der Waals surface area contributed by atoms with Gasteiger partial charge in [-0.3, -0.25) is 15.2 Å². The van der Waals surface area contributed by atoms with E-state index < -0.39 is 10.1 Å². The van der Waals surface area contributed by atoms with Gasteiger partial charge in [-0.2, -0.15) is 8.42 Å². The van der Waals surface area contributed by atoms with E-state index in [2.05, 4.69) is 5.43 Å². The van der Waals surface area contributed by atoms with E-state index in [4.69, 9.17) is 15.5 Å². The first-order chi connectivity index (χ1) is 9.90. The quantitative estimate of drug-likeness (QED) is 0.222. The summed E-state index contributed by atoms with van der Waals surface area (Å²) in [6.07, 6.45) is 0.378. The molecule has 0 aliphatic heterocycles. The molecule has 0 bridgehead atoms. The Morgan fingerprint density at radius 2 is 1.62 bits per heavy atom. The lowest BCUT2D eigenvalue weighted by molar-refractivity contribution is 0.112. The second kappa shape index (κ2) is 7.39. The minimum atomic E-state index is -4.28. The summed E-state index contributed by atoms with van der Waals surface area (Å²) in [6, 6.07) is 12.2. The largest absolute Gasteiger partial charge is 0.506 e. The molecule has 0 aliphatic carbocycles. The van der Waals surface area contributed by atoms with Crippen molar-refractivity contribution in [1.82, 2.24) is 0 Å². The van der Waals surface area contributed by atoms with Crippen LogP contribution in [0.3, 0.4) is 0 Å². The van der Waals surface area contributed by atoms with Crippen molar-refractivity contribution in [2.24, 2.45) is 5.84 Å². The number of para-hydroxylation sites is 2. The van der Waals surface area contributed by atoms with Crippen molar-refractivity contribution < 1.29 is 22.9 Å². The van der Waals surface area contributed by atoms with E-state index in [1.54, 1.807) is 24.3 Å². The van der Waals surface area contributed by atoms with Crippen LogP contribution in [0.2, 0.25) is 0 Å². The number of carbonyl (C=O) groups excluding carboxylic acids is 1. The Morgan fingerprint density at radius 3 is 2.05 bits per heavy atom. The lowest BCUT2D eigenvalue weighted by Crippen LogP contribution is -2.06. The fraction of sp³-hybridized carbons (Fsp3) is 0. The molecule has 0 radical (unpaired) electrons. The van der Waals surface area contributed by atoms with Crippen molar-refractivity contribution in [3.63, 3.8) is 0 Å². The Balaban J connectivity index is 0.000000219. The molecule has 0 saturated carbocycles. The van der Waals surface area contributed by atoms with Gasteiger partial charge in [0.15, 0.2) is 6.29 Å². The summed E-state index contributed by atoms with van der Waals surface area (Å²) in [5.74, 6) is 5.21. The molecular formula is C13H14N2O5S. The van der Waals surface area contributed by atoms with Crippen LogP contribution in [0, 0.1) is 0 Å². The zero-order chi connectivity index (χ0) is 15.9. The number of anilines is 1. The third-order valence-corrected chi connectivity index (χ3v) is 3.31. The van der Waals surface area contributed by atoms with E-state index in [-0.39, 0.29) is 16.2 Å². The number of nitrogen functional groups attached to an aromatic ring is 1. The van der Waals surface area contributed by atoms with E-state index in [9.17, 15) is 13.2 Å². The van der Waals surface area contributed by atoms with Gasteiger partial charge in [0.05, 0.1) is 5.69 Å². The standard InChI is InChI=1S/C7H6O4S.C6H8N2O/c8-5-6-3-1-2-4-7(6)12(9,10)11;7-8-5-3-1-2-4-6(5)9/h1-5H,(H,9,10,11);1-4,8-9H,7H2. The van der Waals surface area contributed by atoms with Gasteiger partial charge in [-0.1, -0.05) is 30.3 Å². The van der Waals surface area contributed by atoms with Crippen LogP contribution in [-0.2, 0) is 10.1 Å². The predicted molar refractivity (Wildman–Crippen MR) is 77.6 cm³/mol. The first-order valence-corrected chi connectivity index (χ1v) is 7.10. The Labute approximate surface area is 121 Å². The number of phenolic OH excluding ortho intramolecular Hbond substituents is 1. The molecule has 2 aromatic carbocycles. The molecule has 0 aromatic heterocycles. The molecule has 2 rings (SSSR count). The summed E-state index contributed by atoms with van der Waals surface area (Å²) in [7, 11) is -4.28. The fourth-order valence-corrected chi connectivity index (χ4v) is 2.07. The van der Waals surface area contributed by atoms with E-state index >= 15 is 0 Å². The average Bonchev–Trinajstić information content (AvgIpc) is 2.47. The normalized spacial score (nSPS) is 10.2. The lowest BCUT2D eigenvalue weighted by atomic mass is 10.2. The van der Waals surface area contributed by atoms with Crippen molar-refractivity contribution in [2.45, 2.75) is 4.90 Å². The highest BCUT2D eigenvalue weighted by Crippen LogP contribution is 2.19. The van der Waals surface area contributed by atoms with Crippen LogP contribution in [0.1, 0.15) is 10.4 Å². The molecule has 0 fully saturated rings. The highest BCUT2D eigenvalue weighted by atomic mass is 32.2. The van der Waals surface area contributed by atoms with E-state index in [1.165, 1.54) is 24.3 Å². The fourth-order valence-electron chi connectivity index (χ4n) is 1.41. The first kappa shape index (κ1) is 16.6. The smallest absolute Gasteiger partial charge is 0.295 e. The second-order valence-electron chi connectivity index (χ2n) is 3.79. The number of aromatic hydroxyl groups is 1. The maximum atomic E-state index is 10.6. The Bertz CT molecular complexity index is 716. The number of benzene rings is 2. The van der Waals surface area contributed by atoms with Gasteiger partial charge >= 0.3 is 0 Å². The summed E-state index contributed by atoms with van der Waals surface area (Å²) in [6.45, 7) is 0. The number of nitrogens with one attached hydrogen (secondary N) is 1. The zero-order valence-corrected chi connectivity index (χ0v) is 11.6. The predicted octanol–water partition coefficient (Wildman–Crippen LogP) is 1.42. The van der Waals surface area contributed by atoms with Crippen LogP contribution in [0.15, 0.2) is 53.4 Å². The molecule has 112 valence electrons. The van der Waals surface area contributed by atoms with E-state index in [0.29, 0.717) is 12.0 Å². The number of carbonyl (C=O) groups is 1. The van der Waals surface area contributed by atoms with Gasteiger partial charge in [-0.25, -0.2) is 0 Å². The third-order valence-electron chi connectivity index (χ3n) is 2.38. The van der Waals surface area contributed by atoms with Gasteiger partial charge in [-0.15, -0.1) is 0 Å². The molecule has 21 heavy (non-hydrogen) atoms. The molecule has 2 aromatic rings. The summed E-state index contributed by atoms with van der Waals surface area (Å²) in [5.41, 5.74) is 2.84. The Morgan fingerprint density at radius 1 is 1.05 bits per heavy atom. The molecule has 7 nitrogen and oxygen atoms in total. The summed E-state index contributed by atoms with van der Waals surface area (Å²) < 4.78 is 29.8. The highest BCUT2D eigenvalue weighted by molar-refractivity contribution is 7.86. The number of hydrogen-bond donors (Lipinski definition) is 4. The average molecular weight is 310 g/mol. The van der Waals surface area contributed by atoms with E-state index in [0.717, 1.165) is 0 Å². The molecule has 0 saturated heterocycles. The van der Waals surface area contributed by atoms with Crippen LogP contribution in [0.4, 0.5) is 5.69 Å². The molecule has 0 atom stereocenters. The molecule has 0 aliphatic rings. The number of rotatable bonds is 3. The molecule has 0 amide bonds. The minimum absolute atomic E-state index is 0.0417. The van der Waals surface area contributed by atoms with Crippen molar-refractivity contribution in [3.05, 3.63) is 54.1 Å². The van der Waals surface area contributed by atoms with Crippen molar-refractivity contribution in [2.75, 3.05) is 5.43 Å². The van der Waals surface area contributed by atoms with Gasteiger partial charge in [0.2, 0.25) is 0 Å². The number of hydrogen-bond acceptors (Lipinski definition) is 6. The van der Waals surface area contributed by atoms with Gasteiger partial charge in [0, 0.05) is 5.56 Å². The number of nitrogens with two attached hydrogens (primary N) is 1. The van der Waals surface area contributed by atoms with E-state index in [1.807, 2.05) is 0 Å².